The van der Waals surface area contributed by atoms with Gasteiger partial charge < -0.3 is 27.6 Å². The van der Waals surface area contributed by atoms with Gasteiger partial charge in [-0.15, -0.1) is 0 Å². The molecule has 1 aliphatic heterocycles. The van der Waals surface area contributed by atoms with E-state index >= 15 is 0 Å². The van der Waals surface area contributed by atoms with E-state index in [9.17, 15) is 43.5 Å². The lowest BCUT2D eigenvalue weighted by molar-refractivity contribution is -0.143. The molecule has 1 rings (SSSR count). The summed E-state index contributed by atoms with van der Waals surface area (Å²) in [5.41, 5.74) is 14.2. The number of likely N-dealkylation sites (tertiary alicyclic amines) is 1. The Hall–Kier alpha value is -4.01. The lowest BCUT2D eigenvalue weighted by Gasteiger charge is -2.33. The van der Waals surface area contributed by atoms with Crippen molar-refractivity contribution in [1.29, 1.82) is 0 Å². The number of aliphatic imine (C=N–C) groups is 1. The van der Waals surface area contributed by atoms with Crippen molar-refractivity contribution in [3.8, 4) is 0 Å². The topological polar surface area (TPSA) is 262 Å². The van der Waals surface area contributed by atoms with Crippen molar-refractivity contribution in [1.82, 2.24) is 10.2 Å². The SMILES string of the molecule is CC(C)C(=O)[C@H](CC(=O)O)CC(=O)C(C)(C)NC(=O)[C@@H](CCCN=C(N)N)CC(=O)[C@@H](CC(N)=O)CC(=O)[C@H](CC(=O)[C@H]1CCCN1C(C)C)C(C)(C)C. The smallest absolute Gasteiger partial charge is 0.304 e. The van der Waals surface area contributed by atoms with Crippen LogP contribution in [0.2, 0.25) is 0 Å². The summed E-state index contributed by atoms with van der Waals surface area (Å²) >= 11 is 0. The van der Waals surface area contributed by atoms with Gasteiger partial charge in [-0.25, -0.2) is 0 Å². The molecule has 8 N–H and O–H groups in total. The highest BCUT2D eigenvalue weighted by Crippen LogP contribution is 2.35. The first-order chi connectivity index (χ1) is 24.8. The number of aliphatic carboxylic acids is 1. The third kappa shape index (κ3) is 15.8. The minimum Gasteiger partial charge on any atom is -0.481 e. The van der Waals surface area contributed by atoms with Crippen molar-refractivity contribution in [2.45, 2.75) is 144 Å². The number of hydrogen-bond acceptors (Lipinski definition) is 10. The van der Waals surface area contributed by atoms with Crippen LogP contribution >= 0.6 is 0 Å². The summed E-state index contributed by atoms with van der Waals surface area (Å²) in [7, 11) is 0. The van der Waals surface area contributed by atoms with Crippen molar-refractivity contribution in [3.63, 3.8) is 0 Å². The maximum Gasteiger partial charge on any atom is 0.304 e. The minimum absolute atomic E-state index is 0.0112. The fourth-order valence-corrected chi connectivity index (χ4v) is 7.12. The summed E-state index contributed by atoms with van der Waals surface area (Å²) in [5.74, 6) is -9.33. The fourth-order valence-electron chi connectivity index (χ4n) is 7.12. The first-order valence-corrected chi connectivity index (χ1v) is 19.1. The Labute approximate surface area is 320 Å². The van der Waals surface area contributed by atoms with Crippen LogP contribution < -0.4 is 22.5 Å². The monoisotopic (exact) mass is 762 g/mol. The second-order valence-electron chi connectivity index (χ2n) is 17.0. The first kappa shape index (κ1) is 48.0. The third-order valence-corrected chi connectivity index (χ3v) is 10.3. The van der Waals surface area contributed by atoms with Crippen LogP contribution in [0.15, 0.2) is 4.99 Å². The summed E-state index contributed by atoms with van der Waals surface area (Å²) in [5, 5.41) is 12.0. The summed E-state index contributed by atoms with van der Waals surface area (Å²) in [6.45, 7) is 16.6. The minimum atomic E-state index is -1.55. The summed E-state index contributed by atoms with van der Waals surface area (Å²) in [6.07, 6.45) is -0.219. The summed E-state index contributed by atoms with van der Waals surface area (Å²) in [6, 6.07) is -0.127. The van der Waals surface area contributed by atoms with Gasteiger partial charge >= 0.3 is 5.97 Å². The third-order valence-electron chi connectivity index (χ3n) is 10.3. The van der Waals surface area contributed by atoms with E-state index in [1.807, 2.05) is 34.6 Å². The van der Waals surface area contributed by atoms with E-state index in [1.54, 1.807) is 13.8 Å². The van der Waals surface area contributed by atoms with E-state index in [1.165, 1.54) is 13.8 Å². The molecular formula is C39H66N6O9. The number of guanidine groups is 1. The number of nitrogens with two attached hydrogens (primary N) is 3. The molecule has 1 fully saturated rings. The van der Waals surface area contributed by atoms with Gasteiger partial charge in [0.2, 0.25) is 11.8 Å². The number of hydrogen-bond donors (Lipinski definition) is 5. The average Bonchev–Trinajstić information content (AvgIpc) is 3.53. The van der Waals surface area contributed by atoms with E-state index in [0.29, 0.717) is 6.42 Å². The molecule has 0 radical (unpaired) electrons. The molecule has 1 saturated heterocycles. The molecule has 5 atom stereocenters. The first-order valence-electron chi connectivity index (χ1n) is 19.1. The average molecular weight is 763 g/mol. The molecule has 0 aromatic carbocycles. The van der Waals surface area contributed by atoms with Crippen LogP contribution in [-0.2, 0) is 38.4 Å². The van der Waals surface area contributed by atoms with Gasteiger partial charge in [-0.3, -0.25) is 48.2 Å². The Bertz CT molecular complexity index is 1410. The van der Waals surface area contributed by atoms with Crippen molar-refractivity contribution < 1.29 is 43.5 Å². The van der Waals surface area contributed by atoms with Crippen LogP contribution in [0.3, 0.4) is 0 Å². The molecule has 2 amide bonds. The van der Waals surface area contributed by atoms with Crippen LogP contribution in [0.25, 0.3) is 0 Å². The van der Waals surface area contributed by atoms with Gasteiger partial charge in [0.1, 0.15) is 17.3 Å². The Balaban J connectivity index is 3.32. The molecule has 0 aromatic rings. The largest absolute Gasteiger partial charge is 0.481 e. The number of primary amides is 1. The van der Waals surface area contributed by atoms with E-state index in [0.717, 1.165) is 13.0 Å². The highest BCUT2D eigenvalue weighted by Gasteiger charge is 2.41. The van der Waals surface area contributed by atoms with Crippen molar-refractivity contribution in [3.05, 3.63) is 0 Å². The Morgan fingerprint density at radius 2 is 1.39 bits per heavy atom. The van der Waals surface area contributed by atoms with Gasteiger partial charge in [0, 0.05) is 74.3 Å². The van der Waals surface area contributed by atoms with Gasteiger partial charge in [0.15, 0.2) is 17.5 Å². The number of carbonyl (C=O) groups is 8. The van der Waals surface area contributed by atoms with Gasteiger partial charge in [0.05, 0.1) is 18.0 Å². The van der Waals surface area contributed by atoms with Crippen molar-refractivity contribution in [2.24, 2.45) is 57.2 Å². The van der Waals surface area contributed by atoms with E-state index in [2.05, 4.69) is 15.2 Å². The Morgan fingerprint density at radius 1 is 0.796 bits per heavy atom. The van der Waals surface area contributed by atoms with Gasteiger partial charge in [0.25, 0.3) is 0 Å². The van der Waals surface area contributed by atoms with Gasteiger partial charge in [-0.2, -0.15) is 0 Å². The second kappa shape index (κ2) is 21.2. The van der Waals surface area contributed by atoms with Crippen LogP contribution in [0, 0.1) is 35.0 Å². The highest BCUT2D eigenvalue weighted by atomic mass is 16.4. The summed E-state index contributed by atoms with van der Waals surface area (Å²) in [4.78, 5) is 111. The molecule has 306 valence electrons. The maximum absolute atomic E-state index is 14.0. The van der Waals surface area contributed by atoms with E-state index < -0.39 is 95.6 Å². The van der Waals surface area contributed by atoms with Gasteiger partial charge in [-0.05, 0) is 65.3 Å². The van der Waals surface area contributed by atoms with E-state index in [-0.39, 0.29) is 67.6 Å². The normalized spacial score (nSPS) is 17.4. The molecule has 0 saturated carbocycles. The maximum atomic E-state index is 14.0. The second-order valence-corrected chi connectivity index (χ2v) is 17.0. The number of carbonyl (C=O) groups excluding carboxylic acids is 7. The predicted octanol–water partition coefficient (Wildman–Crippen LogP) is 2.73. The van der Waals surface area contributed by atoms with Crippen LogP contribution in [0.5, 0.6) is 0 Å². The number of carboxylic acids is 1. The quantitative estimate of drug-likeness (QED) is 0.0511. The standard InChI is InChI=1S/C39H66N6O9/c1-22(2)35(53)26(20-34(51)52)18-32(49)39(8,9)44-36(54)24(12-10-14-43-37(41)42)16-29(46)25(19-33(40)50)17-30(47)27(38(5,6)7)21-31(48)28-13-11-15-45(28)23(3)4/h22-28H,10-21H2,1-9H3,(H2,40,50)(H,44,54)(H,51,52)(H4,41,42,43)/t24-,25+,26-,27-,28+/m0/s1. The van der Waals surface area contributed by atoms with Crippen LogP contribution in [0.4, 0.5) is 0 Å². The zero-order chi connectivity index (χ0) is 41.7. The molecule has 0 aromatic heterocycles. The molecule has 0 aliphatic carbocycles. The number of nitrogens with one attached hydrogen (secondary N) is 1. The zero-order valence-corrected chi connectivity index (χ0v) is 33.9. The number of carboxylic acid groups (broad SMARTS) is 1. The molecule has 1 heterocycles. The molecule has 0 unspecified atom stereocenters. The van der Waals surface area contributed by atoms with Crippen molar-refractivity contribution >= 4 is 52.7 Å². The number of nitrogens with zero attached hydrogens (tertiary/aromatic N) is 2. The lowest BCUT2D eigenvalue weighted by atomic mass is 9.72. The lowest BCUT2D eigenvalue weighted by Crippen LogP contribution is -2.52. The molecule has 0 spiro atoms. The molecular weight excluding hydrogens is 696 g/mol. The number of amides is 2. The molecule has 1 aliphatic rings. The zero-order valence-electron chi connectivity index (χ0n) is 33.9. The molecule has 15 heteroatoms. The number of Topliss-reactive ketones (excluding diaryl/α,β-unsaturated/α-hetero) is 5. The number of rotatable bonds is 25. The van der Waals surface area contributed by atoms with Crippen LogP contribution in [-0.4, -0.2) is 93.4 Å². The Kier molecular flexibility index (Phi) is 18.8. The van der Waals surface area contributed by atoms with E-state index in [4.69, 9.17) is 17.2 Å². The molecule has 54 heavy (non-hydrogen) atoms. The van der Waals surface area contributed by atoms with Crippen LogP contribution in [0.1, 0.15) is 127 Å². The molecule has 15 nitrogen and oxygen atoms in total. The molecule has 0 bridgehead atoms. The summed E-state index contributed by atoms with van der Waals surface area (Å²) < 4.78 is 0. The van der Waals surface area contributed by atoms with Gasteiger partial charge in [-0.1, -0.05) is 34.6 Å². The fraction of sp³-hybridized carbons (Fsp3) is 0.769. The predicted molar refractivity (Wildman–Crippen MR) is 205 cm³/mol. The van der Waals surface area contributed by atoms with Crippen molar-refractivity contribution in [2.75, 3.05) is 13.1 Å². The highest BCUT2D eigenvalue weighted by molar-refractivity contribution is 5.99. The Morgan fingerprint density at radius 3 is 1.89 bits per heavy atom. The number of ketones is 5.